The molecular weight excluding hydrogens is 414 g/mol. The Bertz CT molecular complexity index is 1150. The Labute approximate surface area is 193 Å². The van der Waals surface area contributed by atoms with Gasteiger partial charge in [-0.15, -0.1) is 0 Å². The molecule has 1 aromatic heterocycles. The van der Waals surface area contributed by atoms with Crippen molar-refractivity contribution in [2.75, 3.05) is 11.4 Å². The van der Waals surface area contributed by atoms with Gasteiger partial charge in [-0.05, 0) is 55.7 Å². The van der Waals surface area contributed by atoms with Crippen LogP contribution in [0, 0.1) is 0 Å². The molecule has 1 N–H and O–H groups in total. The highest BCUT2D eigenvalue weighted by Gasteiger charge is 2.49. The third-order valence-electron chi connectivity index (χ3n) is 6.62. The quantitative estimate of drug-likeness (QED) is 0.622. The molecule has 5 rings (SSSR count). The molecule has 33 heavy (non-hydrogen) atoms. The Balaban J connectivity index is 1.42. The predicted molar refractivity (Wildman–Crippen MR) is 126 cm³/mol. The molecule has 2 aliphatic rings. The van der Waals surface area contributed by atoms with Crippen LogP contribution in [0.15, 0.2) is 79.0 Å². The van der Waals surface area contributed by atoms with Gasteiger partial charge < -0.3 is 10.1 Å². The highest BCUT2D eigenvalue weighted by molar-refractivity contribution is 5.92. The van der Waals surface area contributed by atoms with Crippen LogP contribution < -0.4 is 10.2 Å². The number of carbonyl (C=O) groups is 2. The molecule has 0 saturated carbocycles. The van der Waals surface area contributed by atoms with Crippen LogP contribution >= 0.6 is 0 Å². The van der Waals surface area contributed by atoms with Crippen LogP contribution in [0.5, 0.6) is 0 Å². The van der Waals surface area contributed by atoms with Gasteiger partial charge in [-0.25, -0.2) is 4.79 Å². The lowest BCUT2D eigenvalue weighted by Crippen LogP contribution is -2.39. The number of hydrogen-bond donors (Lipinski definition) is 1. The fourth-order valence-corrected chi connectivity index (χ4v) is 5.01. The molecule has 0 spiro atoms. The number of nitrogens with zero attached hydrogens (tertiary/aromatic N) is 2. The molecule has 0 radical (unpaired) electrons. The van der Waals surface area contributed by atoms with E-state index in [-0.39, 0.29) is 29.9 Å². The third kappa shape index (κ3) is 3.97. The Kier molecular flexibility index (Phi) is 5.36. The van der Waals surface area contributed by atoms with Crippen LogP contribution in [0.25, 0.3) is 0 Å². The largest absolute Gasteiger partial charge is 0.441 e. The molecule has 3 aromatic rings. The molecule has 2 saturated heterocycles. The summed E-state index contributed by atoms with van der Waals surface area (Å²) in [5.74, 6) is -0.0593. The van der Waals surface area contributed by atoms with Gasteiger partial charge in [0.15, 0.2) is 0 Å². The lowest BCUT2D eigenvalue weighted by atomic mass is 9.83. The number of nitrogens with one attached hydrogen (secondary N) is 1. The number of amides is 2. The van der Waals surface area contributed by atoms with E-state index < -0.39 is 5.60 Å². The number of ether oxygens (including phenoxy) is 1. The summed E-state index contributed by atoms with van der Waals surface area (Å²) in [6, 6.07) is 23.3. The van der Waals surface area contributed by atoms with Crippen molar-refractivity contribution >= 4 is 17.7 Å². The van der Waals surface area contributed by atoms with E-state index in [1.54, 1.807) is 11.1 Å². The SMILES string of the molecule is CC1(C)OC(=O)N(c2ccc(C3CC(c4ccccn4)CNC3=O)cc2)[C@H]1c1ccccc1. The number of piperidine rings is 1. The van der Waals surface area contributed by atoms with Gasteiger partial charge in [0.2, 0.25) is 5.91 Å². The summed E-state index contributed by atoms with van der Waals surface area (Å²) in [6.45, 7) is 4.46. The van der Waals surface area contributed by atoms with Crippen molar-refractivity contribution in [3.8, 4) is 0 Å². The van der Waals surface area contributed by atoms with Crippen molar-refractivity contribution in [1.82, 2.24) is 10.3 Å². The fourth-order valence-electron chi connectivity index (χ4n) is 5.01. The molecule has 6 nitrogen and oxygen atoms in total. The van der Waals surface area contributed by atoms with Crippen LogP contribution in [0.3, 0.4) is 0 Å². The van der Waals surface area contributed by atoms with E-state index in [4.69, 9.17) is 4.74 Å². The highest BCUT2D eigenvalue weighted by atomic mass is 16.6. The van der Waals surface area contributed by atoms with Crippen LogP contribution in [-0.4, -0.2) is 29.1 Å². The second-order valence-electron chi connectivity index (χ2n) is 9.23. The second kappa shape index (κ2) is 8.35. The van der Waals surface area contributed by atoms with E-state index in [0.717, 1.165) is 22.5 Å². The number of pyridine rings is 1. The van der Waals surface area contributed by atoms with Crippen molar-refractivity contribution in [3.05, 3.63) is 95.8 Å². The lowest BCUT2D eigenvalue weighted by molar-refractivity contribution is -0.124. The van der Waals surface area contributed by atoms with Gasteiger partial charge in [0.05, 0.1) is 5.92 Å². The molecular formula is C27H27N3O3. The monoisotopic (exact) mass is 441 g/mol. The predicted octanol–water partition coefficient (Wildman–Crippen LogP) is 4.95. The van der Waals surface area contributed by atoms with Crippen molar-refractivity contribution in [2.24, 2.45) is 0 Å². The van der Waals surface area contributed by atoms with Gasteiger partial charge in [-0.1, -0.05) is 48.5 Å². The molecule has 3 atom stereocenters. The van der Waals surface area contributed by atoms with Crippen molar-refractivity contribution in [1.29, 1.82) is 0 Å². The lowest BCUT2D eigenvalue weighted by Gasteiger charge is -2.30. The van der Waals surface area contributed by atoms with Crippen LogP contribution in [0.2, 0.25) is 0 Å². The standard InChI is InChI=1S/C27H27N3O3/c1-27(2)24(19-8-4-3-5-9-19)30(26(32)33-27)21-13-11-18(12-14-21)22-16-20(17-29-25(22)31)23-10-6-7-15-28-23/h3-15,20,22,24H,16-17H2,1-2H3,(H,29,31)/t20?,22?,24-/m0/s1. The average Bonchev–Trinajstić information content (AvgIpc) is 3.08. The second-order valence-corrected chi connectivity index (χ2v) is 9.23. The van der Waals surface area contributed by atoms with Gasteiger partial charge in [0, 0.05) is 30.0 Å². The number of benzene rings is 2. The Morgan fingerprint density at radius 2 is 1.67 bits per heavy atom. The summed E-state index contributed by atoms with van der Waals surface area (Å²) >= 11 is 0. The first-order valence-corrected chi connectivity index (χ1v) is 11.3. The van der Waals surface area contributed by atoms with Crippen molar-refractivity contribution in [2.45, 2.75) is 43.7 Å². The fraction of sp³-hybridized carbons (Fsp3) is 0.296. The maximum absolute atomic E-state index is 12.8. The first kappa shape index (κ1) is 21.2. The summed E-state index contributed by atoms with van der Waals surface area (Å²) in [5, 5.41) is 3.03. The van der Waals surface area contributed by atoms with E-state index in [9.17, 15) is 9.59 Å². The number of anilines is 1. The molecule has 0 bridgehead atoms. The van der Waals surface area contributed by atoms with Gasteiger partial charge in [-0.2, -0.15) is 0 Å². The topological polar surface area (TPSA) is 71.5 Å². The normalized spacial score (nSPS) is 24.3. The zero-order valence-corrected chi connectivity index (χ0v) is 18.8. The summed E-state index contributed by atoms with van der Waals surface area (Å²) in [5.41, 5.74) is 3.02. The van der Waals surface area contributed by atoms with Gasteiger partial charge in [-0.3, -0.25) is 14.7 Å². The molecule has 2 amide bonds. The summed E-state index contributed by atoms with van der Waals surface area (Å²) in [6.07, 6.45) is 2.12. The van der Waals surface area contributed by atoms with Gasteiger partial charge in [0.25, 0.3) is 0 Å². The van der Waals surface area contributed by atoms with E-state index in [0.29, 0.717) is 13.0 Å². The first-order valence-electron chi connectivity index (χ1n) is 11.3. The molecule has 2 unspecified atom stereocenters. The molecule has 2 aromatic carbocycles. The Hall–Kier alpha value is -3.67. The number of cyclic esters (lactones) is 1. The molecule has 2 fully saturated rings. The Morgan fingerprint density at radius 1 is 0.939 bits per heavy atom. The van der Waals surface area contributed by atoms with Gasteiger partial charge >= 0.3 is 6.09 Å². The number of aromatic nitrogens is 1. The average molecular weight is 442 g/mol. The van der Waals surface area contributed by atoms with E-state index in [1.165, 1.54) is 0 Å². The number of carbonyl (C=O) groups excluding carboxylic acids is 2. The molecule has 6 heteroatoms. The van der Waals surface area contributed by atoms with Crippen LogP contribution in [0.4, 0.5) is 10.5 Å². The summed E-state index contributed by atoms with van der Waals surface area (Å²) in [4.78, 5) is 31.7. The van der Waals surface area contributed by atoms with E-state index in [1.807, 2.05) is 86.6 Å². The minimum absolute atomic E-state index is 0.0267. The van der Waals surface area contributed by atoms with E-state index >= 15 is 0 Å². The number of hydrogen-bond acceptors (Lipinski definition) is 4. The maximum Gasteiger partial charge on any atom is 0.415 e. The summed E-state index contributed by atoms with van der Waals surface area (Å²) < 4.78 is 5.73. The van der Waals surface area contributed by atoms with Crippen LogP contribution in [-0.2, 0) is 9.53 Å². The smallest absolute Gasteiger partial charge is 0.415 e. The van der Waals surface area contributed by atoms with Crippen molar-refractivity contribution < 1.29 is 14.3 Å². The third-order valence-corrected chi connectivity index (χ3v) is 6.62. The minimum Gasteiger partial charge on any atom is -0.441 e. The van der Waals surface area contributed by atoms with Crippen LogP contribution in [0.1, 0.15) is 55.0 Å². The highest BCUT2D eigenvalue weighted by Crippen LogP contribution is 2.44. The zero-order chi connectivity index (χ0) is 23.0. The summed E-state index contributed by atoms with van der Waals surface area (Å²) in [7, 11) is 0. The molecule has 0 aliphatic carbocycles. The minimum atomic E-state index is -0.670. The molecule has 2 aliphatic heterocycles. The maximum atomic E-state index is 12.8. The van der Waals surface area contributed by atoms with Crippen molar-refractivity contribution in [3.63, 3.8) is 0 Å². The van der Waals surface area contributed by atoms with E-state index in [2.05, 4.69) is 10.3 Å². The zero-order valence-electron chi connectivity index (χ0n) is 18.8. The number of rotatable bonds is 4. The molecule has 3 heterocycles. The van der Waals surface area contributed by atoms with Gasteiger partial charge in [0.1, 0.15) is 11.6 Å². The Morgan fingerprint density at radius 3 is 2.36 bits per heavy atom. The molecule has 168 valence electrons. The first-order chi connectivity index (χ1) is 15.9.